The Morgan fingerprint density at radius 3 is 1.96 bits per heavy atom. The summed E-state index contributed by atoms with van der Waals surface area (Å²) in [5, 5.41) is 7.29. The molecule has 0 heterocycles. The van der Waals surface area contributed by atoms with Gasteiger partial charge in [-0.05, 0) is 65.2 Å². The molecule has 0 fully saturated rings. The molecule has 0 bridgehead atoms. The van der Waals surface area contributed by atoms with E-state index in [1.807, 2.05) is 36.4 Å². The lowest BCUT2D eigenvalue weighted by atomic mass is 9.87. The van der Waals surface area contributed by atoms with E-state index in [-0.39, 0.29) is 5.41 Å². The van der Waals surface area contributed by atoms with Crippen LogP contribution in [0.4, 0.5) is 0 Å². The molecule has 2 N–H and O–H groups in total. The number of hydrogen-bond acceptors (Lipinski definition) is 4. The molecule has 0 aliphatic rings. The fraction of sp³-hybridized carbons (Fsp3) is 0.333. The van der Waals surface area contributed by atoms with Crippen molar-refractivity contribution >= 4 is 23.5 Å². The lowest BCUT2D eigenvalue weighted by molar-refractivity contribution is 0.217. The fourth-order valence-corrected chi connectivity index (χ4v) is 2.29. The smallest absolute Gasteiger partial charge is 0.186 e. The largest absolute Gasteiger partial charge is 0.490 e. The van der Waals surface area contributed by atoms with Gasteiger partial charge in [-0.1, -0.05) is 32.9 Å². The number of hydrogen-bond donors (Lipinski definition) is 2. The van der Waals surface area contributed by atoms with Crippen molar-refractivity contribution in [3.63, 3.8) is 0 Å². The number of benzene rings is 2. The second-order valence-electron chi connectivity index (χ2n) is 6.99. The topological polar surface area (TPSA) is 54.9 Å². The van der Waals surface area contributed by atoms with E-state index in [0.29, 0.717) is 18.3 Å². The van der Waals surface area contributed by atoms with E-state index in [0.717, 1.165) is 17.1 Å². The maximum atomic E-state index is 5.73. The third kappa shape index (κ3) is 7.27. The molecule has 27 heavy (non-hydrogen) atoms. The quantitative estimate of drug-likeness (QED) is 0.328. The summed E-state index contributed by atoms with van der Waals surface area (Å²) < 4.78 is 11.4. The molecule has 2 aromatic carbocycles. The predicted molar refractivity (Wildman–Crippen MR) is 115 cm³/mol. The molecule has 0 radical (unpaired) electrons. The van der Waals surface area contributed by atoms with Gasteiger partial charge >= 0.3 is 0 Å². The summed E-state index contributed by atoms with van der Waals surface area (Å²) in [4.78, 5) is 0. The molecule has 0 aliphatic heterocycles. The minimum atomic E-state index is 0.146. The molecule has 0 unspecified atom stereocenters. The Morgan fingerprint density at radius 1 is 0.963 bits per heavy atom. The Kier molecular flexibility index (Phi) is 7.61. The molecule has 0 aliphatic carbocycles. The van der Waals surface area contributed by atoms with Gasteiger partial charge in [-0.3, -0.25) is 5.43 Å². The number of rotatable bonds is 7. The van der Waals surface area contributed by atoms with Gasteiger partial charge in [0, 0.05) is 7.05 Å². The van der Waals surface area contributed by atoms with Gasteiger partial charge in [-0.2, -0.15) is 5.10 Å². The van der Waals surface area contributed by atoms with Crippen LogP contribution in [0.1, 0.15) is 31.9 Å². The number of ether oxygens (including phenoxy) is 2. The van der Waals surface area contributed by atoms with E-state index in [2.05, 4.69) is 48.7 Å². The average Bonchev–Trinajstić information content (AvgIpc) is 2.66. The van der Waals surface area contributed by atoms with Crippen LogP contribution in [-0.4, -0.2) is 31.6 Å². The van der Waals surface area contributed by atoms with Gasteiger partial charge in [0.2, 0.25) is 0 Å². The summed E-state index contributed by atoms with van der Waals surface area (Å²) in [6.45, 7) is 7.56. The van der Waals surface area contributed by atoms with Crippen molar-refractivity contribution in [1.29, 1.82) is 0 Å². The lowest BCUT2D eigenvalue weighted by Crippen LogP contribution is -2.28. The molecule has 0 atom stereocenters. The first-order valence-electron chi connectivity index (χ1n) is 8.85. The summed E-state index contributed by atoms with van der Waals surface area (Å²) in [7, 11) is 1.74. The van der Waals surface area contributed by atoms with E-state index in [1.54, 1.807) is 13.3 Å². The zero-order valence-electron chi connectivity index (χ0n) is 16.3. The van der Waals surface area contributed by atoms with Crippen molar-refractivity contribution < 1.29 is 9.47 Å². The monoisotopic (exact) mass is 385 g/mol. The molecule has 0 aromatic heterocycles. The highest BCUT2D eigenvalue weighted by molar-refractivity contribution is 7.80. The van der Waals surface area contributed by atoms with Crippen LogP contribution in [-0.2, 0) is 5.41 Å². The summed E-state index contributed by atoms with van der Waals surface area (Å²) in [5.74, 6) is 1.64. The first-order valence-corrected chi connectivity index (χ1v) is 9.26. The minimum Gasteiger partial charge on any atom is -0.490 e. The van der Waals surface area contributed by atoms with E-state index < -0.39 is 0 Å². The average molecular weight is 386 g/mol. The zero-order valence-corrected chi connectivity index (χ0v) is 17.1. The van der Waals surface area contributed by atoms with Crippen LogP contribution < -0.4 is 20.2 Å². The van der Waals surface area contributed by atoms with E-state index in [9.17, 15) is 0 Å². The lowest BCUT2D eigenvalue weighted by Gasteiger charge is -2.19. The van der Waals surface area contributed by atoms with Gasteiger partial charge in [0.1, 0.15) is 24.7 Å². The van der Waals surface area contributed by atoms with Crippen LogP contribution in [0.3, 0.4) is 0 Å². The molecule has 0 amide bonds. The molecular weight excluding hydrogens is 358 g/mol. The molecule has 5 nitrogen and oxygen atoms in total. The van der Waals surface area contributed by atoms with Crippen molar-refractivity contribution in [1.82, 2.24) is 10.7 Å². The van der Waals surface area contributed by atoms with Gasteiger partial charge in [-0.25, -0.2) is 0 Å². The van der Waals surface area contributed by atoms with E-state index in [4.69, 9.17) is 21.7 Å². The highest BCUT2D eigenvalue weighted by atomic mass is 32.1. The summed E-state index contributed by atoms with van der Waals surface area (Å²) >= 11 is 4.94. The maximum Gasteiger partial charge on any atom is 0.186 e. The van der Waals surface area contributed by atoms with Crippen LogP contribution >= 0.6 is 12.2 Å². The van der Waals surface area contributed by atoms with Crippen LogP contribution in [0.25, 0.3) is 0 Å². The van der Waals surface area contributed by atoms with Crippen LogP contribution in [0.2, 0.25) is 0 Å². The maximum absolute atomic E-state index is 5.73. The molecule has 6 heteroatoms. The Balaban J connectivity index is 1.73. The highest BCUT2D eigenvalue weighted by Gasteiger charge is 2.12. The first-order chi connectivity index (χ1) is 12.9. The van der Waals surface area contributed by atoms with Crippen LogP contribution in [0.5, 0.6) is 11.5 Å². The summed E-state index contributed by atoms with van der Waals surface area (Å²) in [5.41, 5.74) is 5.09. The Bertz CT molecular complexity index is 750. The molecular formula is C21H27N3O2S. The van der Waals surface area contributed by atoms with Crippen LogP contribution in [0, 0.1) is 0 Å². The molecule has 0 saturated heterocycles. The minimum absolute atomic E-state index is 0.146. The normalized spacial score (nSPS) is 11.3. The fourth-order valence-electron chi connectivity index (χ4n) is 2.24. The van der Waals surface area contributed by atoms with Crippen molar-refractivity contribution in [2.45, 2.75) is 26.2 Å². The summed E-state index contributed by atoms with van der Waals surface area (Å²) in [6.07, 6.45) is 1.69. The van der Waals surface area contributed by atoms with Gasteiger partial charge in [-0.15, -0.1) is 0 Å². The predicted octanol–water partition coefficient (Wildman–Crippen LogP) is 3.87. The third-order valence-electron chi connectivity index (χ3n) is 3.83. The first kappa shape index (κ1) is 20.7. The van der Waals surface area contributed by atoms with Crippen molar-refractivity contribution in [2.75, 3.05) is 20.3 Å². The van der Waals surface area contributed by atoms with Crippen LogP contribution in [0.15, 0.2) is 53.6 Å². The van der Waals surface area contributed by atoms with Gasteiger partial charge in [0.15, 0.2) is 5.11 Å². The summed E-state index contributed by atoms with van der Waals surface area (Å²) in [6, 6.07) is 15.9. The van der Waals surface area contributed by atoms with Gasteiger partial charge in [0.05, 0.1) is 6.21 Å². The number of nitrogens with zero attached hydrogens (tertiary/aromatic N) is 1. The molecule has 2 aromatic rings. The Labute approximate surface area is 166 Å². The van der Waals surface area contributed by atoms with Crippen molar-refractivity contribution in [3.05, 3.63) is 59.7 Å². The SMILES string of the molecule is CNC(=S)NN=Cc1ccc(OCCOc2ccc(C(C)(C)C)cc2)cc1. The number of nitrogens with one attached hydrogen (secondary N) is 2. The Morgan fingerprint density at radius 2 is 1.48 bits per heavy atom. The highest BCUT2D eigenvalue weighted by Crippen LogP contribution is 2.24. The van der Waals surface area contributed by atoms with E-state index in [1.165, 1.54) is 5.56 Å². The third-order valence-corrected chi connectivity index (χ3v) is 4.12. The van der Waals surface area contributed by atoms with Gasteiger partial charge in [0.25, 0.3) is 0 Å². The van der Waals surface area contributed by atoms with E-state index >= 15 is 0 Å². The standard InChI is InChI=1S/C21H27N3O2S/c1-21(2,3)17-7-11-19(12-8-17)26-14-13-25-18-9-5-16(6-10-18)15-23-24-20(27)22-4/h5-12,15H,13-14H2,1-4H3,(H2,22,24,27). The molecule has 0 saturated carbocycles. The number of thiocarbonyl (C=S) groups is 1. The molecule has 144 valence electrons. The zero-order chi connectivity index (χ0) is 19.7. The van der Waals surface area contributed by atoms with Crippen molar-refractivity contribution in [2.24, 2.45) is 5.10 Å². The number of hydrazone groups is 1. The second-order valence-corrected chi connectivity index (χ2v) is 7.40. The van der Waals surface area contributed by atoms with Crippen molar-refractivity contribution in [3.8, 4) is 11.5 Å². The molecule has 0 spiro atoms. The Hall–Kier alpha value is -2.60. The van der Waals surface area contributed by atoms with Gasteiger partial charge < -0.3 is 14.8 Å². The molecule has 2 rings (SSSR count). The second kappa shape index (κ2) is 9.92.